The maximum absolute atomic E-state index is 13.2. The molecule has 1 aromatic carbocycles. The maximum Gasteiger partial charge on any atom is 0.270 e. The van der Waals surface area contributed by atoms with E-state index in [1.165, 1.54) is 12.8 Å². The van der Waals surface area contributed by atoms with Crippen LogP contribution in [-0.2, 0) is 13.1 Å². The van der Waals surface area contributed by atoms with Gasteiger partial charge in [-0.2, -0.15) is 0 Å². The Kier molecular flexibility index (Phi) is 4.49. The number of aromatic nitrogens is 2. The van der Waals surface area contributed by atoms with E-state index in [0.29, 0.717) is 24.7 Å². The molecule has 5 heterocycles. The number of amides is 1. The van der Waals surface area contributed by atoms with Gasteiger partial charge in [-0.15, -0.1) is 0 Å². The van der Waals surface area contributed by atoms with Crippen molar-refractivity contribution < 1.29 is 4.79 Å². The number of carbonyl (C=O) groups is 1. The molecular formula is C25H28N4O2. The van der Waals surface area contributed by atoms with E-state index in [9.17, 15) is 9.59 Å². The molecule has 6 heteroatoms. The fourth-order valence-corrected chi connectivity index (χ4v) is 5.82. The van der Waals surface area contributed by atoms with E-state index in [1.807, 2.05) is 45.9 Å². The number of H-pyrrole nitrogens is 1. The summed E-state index contributed by atoms with van der Waals surface area (Å²) in [4.78, 5) is 34.1. The Hall–Kier alpha value is -2.86. The molecule has 160 valence electrons. The van der Waals surface area contributed by atoms with Gasteiger partial charge in [-0.1, -0.05) is 24.3 Å². The number of nitrogens with zero attached hydrogens (tertiary/aromatic N) is 3. The number of hydrogen-bond acceptors (Lipinski definition) is 3. The summed E-state index contributed by atoms with van der Waals surface area (Å²) < 4.78 is 2.01. The highest BCUT2D eigenvalue weighted by atomic mass is 16.2. The Morgan fingerprint density at radius 1 is 1.03 bits per heavy atom. The number of para-hydroxylation sites is 1. The monoisotopic (exact) mass is 416 g/mol. The number of piperidine rings is 1. The van der Waals surface area contributed by atoms with Crippen LogP contribution in [0, 0.1) is 5.92 Å². The number of likely N-dealkylation sites (tertiary alicyclic amines) is 2. The van der Waals surface area contributed by atoms with E-state index in [4.69, 9.17) is 0 Å². The van der Waals surface area contributed by atoms with Crippen LogP contribution >= 0.6 is 0 Å². The predicted octanol–water partition coefficient (Wildman–Crippen LogP) is 3.18. The van der Waals surface area contributed by atoms with Crippen LogP contribution in [0.4, 0.5) is 0 Å². The standard InChI is InChI=1S/C25H28N4O2/c30-24-19(15-27-9-3-4-10-27)7-8-23-20-11-17(14-29(23)24)13-28(16-20)25(31)22-12-18-5-1-2-6-21(18)26-22/h1-2,5-8,12,17,20,26H,3-4,9-11,13-16H2/t17-,20+/m0/s1. The second-order valence-corrected chi connectivity index (χ2v) is 9.46. The minimum absolute atomic E-state index is 0.0624. The first-order valence-corrected chi connectivity index (χ1v) is 11.5. The Morgan fingerprint density at radius 2 is 1.87 bits per heavy atom. The van der Waals surface area contributed by atoms with Gasteiger partial charge in [-0.05, 0) is 56.5 Å². The molecule has 1 N–H and O–H groups in total. The SMILES string of the molecule is O=C(c1cc2ccccc2[nH]1)N1C[C@@H]2C[C@H](C1)c1ccc(CN3CCCC3)c(=O)n1C2. The number of benzene rings is 1. The highest BCUT2D eigenvalue weighted by molar-refractivity contribution is 5.98. The zero-order valence-corrected chi connectivity index (χ0v) is 17.7. The first-order chi connectivity index (χ1) is 15.2. The largest absolute Gasteiger partial charge is 0.351 e. The van der Waals surface area contributed by atoms with Crippen LogP contribution in [0.15, 0.2) is 47.3 Å². The Labute approximate surface area is 181 Å². The van der Waals surface area contributed by atoms with Gasteiger partial charge in [0, 0.05) is 54.3 Å². The lowest BCUT2D eigenvalue weighted by atomic mass is 9.83. The van der Waals surface area contributed by atoms with Gasteiger partial charge in [0.15, 0.2) is 0 Å². The Morgan fingerprint density at radius 3 is 2.71 bits per heavy atom. The molecule has 1 amide bonds. The van der Waals surface area contributed by atoms with Crippen molar-refractivity contribution in [3.63, 3.8) is 0 Å². The van der Waals surface area contributed by atoms with Crippen molar-refractivity contribution in [3.8, 4) is 0 Å². The number of pyridine rings is 1. The highest BCUT2D eigenvalue weighted by Gasteiger charge is 2.37. The fraction of sp³-hybridized carbons (Fsp3) is 0.440. The van der Waals surface area contributed by atoms with Gasteiger partial charge in [0.1, 0.15) is 5.69 Å². The number of aromatic amines is 1. The van der Waals surface area contributed by atoms with Crippen molar-refractivity contribution in [2.45, 2.75) is 38.3 Å². The van der Waals surface area contributed by atoms with Crippen LogP contribution in [-0.4, -0.2) is 51.4 Å². The normalized spacial score (nSPS) is 23.3. The predicted molar refractivity (Wildman–Crippen MR) is 120 cm³/mol. The lowest BCUT2D eigenvalue weighted by Crippen LogP contribution is -2.49. The first kappa shape index (κ1) is 18.9. The molecule has 0 spiro atoms. The summed E-state index contributed by atoms with van der Waals surface area (Å²) in [6.07, 6.45) is 3.52. The summed E-state index contributed by atoms with van der Waals surface area (Å²) in [5, 5.41) is 1.06. The average molecular weight is 417 g/mol. The van der Waals surface area contributed by atoms with Gasteiger partial charge in [0.05, 0.1) is 0 Å². The molecule has 0 saturated carbocycles. The molecule has 6 nitrogen and oxygen atoms in total. The summed E-state index contributed by atoms with van der Waals surface area (Å²) >= 11 is 0. The van der Waals surface area contributed by atoms with Crippen LogP contribution in [0.1, 0.15) is 46.9 Å². The first-order valence-electron chi connectivity index (χ1n) is 11.5. The molecule has 2 bridgehead atoms. The van der Waals surface area contributed by atoms with Gasteiger partial charge in [0.2, 0.25) is 0 Å². The molecule has 0 unspecified atom stereocenters. The molecule has 3 aliphatic heterocycles. The third-order valence-electron chi connectivity index (χ3n) is 7.32. The Bertz CT molecular complexity index is 1170. The van der Waals surface area contributed by atoms with Gasteiger partial charge >= 0.3 is 0 Å². The van der Waals surface area contributed by atoms with Gasteiger partial charge in [0.25, 0.3) is 11.5 Å². The summed E-state index contributed by atoms with van der Waals surface area (Å²) in [7, 11) is 0. The molecule has 0 aliphatic carbocycles. The minimum atomic E-state index is 0.0624. The third kappa shape index (κ3) is 3.30. The van der Waals surface area contributed by atoms with Crippen LogP contribution in [0.3, 0.4) is 0 Å². The van der Waals surface area contributed by atoms with Crippen LogP contribution in [0.5, 0.6) is 0 Å². The number of hydrogen-bond donors (Lipinski definition) is 1. The second-order valence-electron chi connectivity index (χ2n) is 9.46. The molecule has 31 heavy (non-hydrogen) atoms. The second kappa shape index (κ2) is 7.38. The van der Waals surface area contributed by atoms with Gasteiger partial charge < -0.3 is 14.5 Å². The molecule has 0 radical (unpaired) electrons. The Balaban J connectivity index is 1.25. The molecule has 6 rings (SSSR count). The molecule has 2 atom stereocenters. The lowest BCUT2D eigenvalue weighted by molar-refractivity contribution is 0.0589. The smallest absolute Gasteiger partial charge is 0.270 e. The molecule has 2 saturated heterocycles. The third-order valence-corrected chi connectivity index (χ3v) is 7.32. The molecule has 2 fully saturated rings. The van der Waals surface area contributed by atoms with Crippen molar-refractivity contribution in [1.29, 1.82) is 0 Å². The van der Waals surface area contributed by atoms with Gasteiger partial charge in [-0.3, -0.25) is 14.5 Å². The topological polar surface area (TPSA) is 61.3 Å². The average Bonchev–Trinajstić information content (AvgIpc) is 3.45. The molecule has 3 aliphatic rings. The van der Waals surface area contributed by atoms with Crippen LogP contribution in [0.2, 0.25) is 0 Å². The number of nitrogens with one attached hydrogen (secondary N) is 1. The summed E-state index contributed by atoms with van der Waals surface area (Å²) in [6, 6.07) is 14.1. The number of rotatable bonds is 3. The van der Waals surface area contributed by atoms with E-state index in [2.05, 4.69) is 16.0 Å². The number of fused-ring (bicyclic) bond motifs is 5. The van der Waals surface area contributed by atoms with Crippen molar-refractivity contribution in [3.05, 3.63) is 69.8 Å². The van der Waals surface area contributed by atoms with Crippen LogP contribution < -0.4 is 5.56 Å². The maximum atomic E-state index is 13.2. The highest BCUT2D eigenvalue weighted by Crippen LogP contribution is 2.36. The molecular weight excluding hydrogens is 388 g/mol. The summed E-state index contributed by atoms with van der Waals surface area (Å²) in [5.74, 6) is 0.626. The zero-order chi connectivity index (χ0) is 20.9. The zero-order valence-electron chi connectivity index (χ0n) is 17.7. The summed E-state index contributed by atoms with van der Waals surface area (Å²) in [6.45, 7) is 5.06. The lowest BCUT2D eigenvalue weighted by Gasteiger charge is -2.42. The summed E-state index contributed by atoms with van der Waals surface area (Å²) in [5.41, 5.74) is 3.83. The minimum Gasteiger partial charge on any atom is -0.351 e. The van der Waals surface area contributed by atoms with E-state index in [1.54, 1.807) is 0 Å². The molecule has 3 aromatic rings. The van der Waals surface area contributed by atoms with Gasteiger partial charge in [-0.25, -0.2) is 0 Å². The van der Waals surface area contributed by atoms with E-state index in [0.717, 1.165) is 54.8 Å². The van der Waals surface area contributed by atoms with Crippen LogP contribution in [0.25, 0.3) is 10.9 Å². The quantitative estimate of drug-likeness (QED) is 0.713. The van der Waals surface area contributed by atoms with E-state index in [-0.39, 0.29) is 17.4 Å². The van der Waals surface area contributed by atoms with E-state index >= 15 is 0 Å². The van der Waals surface area contributed by atoms with Crippen molar-refractivity contribution in [1.82, 2.24) is 19.4 Å². The molecule has 2 aromatic heterocycles. The van der Waals surface area contributed by atoms with Crippen molar-refractivity contribution >= 4 is 16.8 Å². The fourth-order valence-electron chi connectivity index (χ4n) is 5.82. The van der Waals surface area contributed by atoms with E-state index < -0.39 is 0 Å². The number of carbonyl (C=O) groups excluding carboxylic acids is 1. The van der Waals surface area contributed by atoms with Crippen molar-refractivity contribution in [2.24, 2.45) is 5.92 Å². The van der Waals surface area contributed by atoms with Crippen molar-refractivity contribution in [2.75, 3.05) is 26.2 Å².